The summed E-state index contributed by atoms with van der Waals surface area (Å²) in [4.78, 5) is 21.8. The summed E-state index contributed by atoms with van der Waals surface area (Å²) in [7, 11) is 0. The highest BCUT2D eigenvalue weighted by Crippen LogP contribution is 2.13. The van der Waals surface area contributed by atoms with E-state index in [1.54, 1.807) is 24.3 Å². The third-order valence-electron chi connectivity index (χ3n) is 1.76. The molecule has 0 spiro atoms. The van der Waals surface area contributed by atoms with Crippen LogP contribution in [-0.4, -0.2) is 11.8 Å². The SMILES string of the molecule is CCC(=O)c1ccc(OC(C)=O)cc1. The normalized spacial score (nSPS) is 9.57. The maximum atomic E-state index is 11.2. The van der Waals surface area contributed by atoms with Crippen molar-refractivity contribution < 1.29 is 14.3 Å². The molecule has 0 unspecified atom stereocenters. The van der Waals surface area contributed by atoms with Crippen LogP contribution in [0.25, 0.3) is 0 Å². The fraction of sp³-hybridized carbons (Fsp3) is 0.273. The van der Waals surface area contributed by atoms with Gasteiger partial charge in [0.1, 0.15) is 5.75 Å². The average Bonchev–Trinajstić information content (AvgIpc) is 2.17. The molecule has 0 aromatic heterocycles. The van der Waals surface area contributed by atoms with Crippen LogP contribution in [0.3, 0.4) is 0 Å². The lowest BCUT2D eigenvalue weighted by Gasteiger charge is -2.01. The molecule has 0 N–H and O–H groups in total. The van der Waals surface area contributed by atoms with Crippen molar-refractivity contribution in [3.8, 4) is 5.75 Å². The first-order valence-corrected chi connectivity index (χ1v) is 4.45. The molecule has 3 heteroatoms. The Hall–Kier alpha value is -1.64. The van der Waals surface area contributed by atoms with Crippen LogP contribution in [0.4, 0.5) is 0 Å². The molecule has 0 radical (unpaired) electrons. The van der Waals surface area contributed by atoms with E-state index in [1.165, 1.54) is 6.92 Å². The third kappa shape index (κ3) is 2.69. The largest absolute Gasteiger partial charge is 0.427 e. The number of esters is 1. The summed E-state index contributed by atoms with van der Waals surface area (Å²) in [6.45, 7) is 3.15. The van der Waals surface area contributed by atoms with Gasteiger partial charge >= 0.3 is 5.97 Å². The van der Waals surface area contributed by atoms with Gasteiger partial charge < -0.3 is 4.74 Å². The lowest BCUT2D eigenvalue weighted by Crippen LogP contribution is -2.02. The summed E-state index contributed by atoms with van der Waals surface area (Å²) in [5.74, 6) is 0.184. The molecule has 1 aromatic rings. The van der Waals surface area contributed by atoms with E-state index < -0.39 is 0 Å². The number of carbonyl (C=O) groups is 2. The van der Waals surface area contributed by atoms with Crippen molar-refractivity contribution in [3.05, 3.63) is 29.8 Å². The van der Waals surface area contributed by atoms with Gasteiger partial charge in [0.25, 0.3) is 0 Å². The maximum absolute atomic E-state index is 11.2. The van der Waals surface area contributed by atoms with Crippen molar-refractivity contribution >= 4 is 11.8 Å². The summed E-state index contributed by atoms with van der Waals surface area (Å²) < 4.78 is 4.83. The summed E-state index contributed by atoms with van der Waals surface area (Å²) in [5, 5.41) is 0. The minimum absolute atomic E-state index is 0.0828. The molecule has 0 amide bonds. The van der Waals surface area contributed by atoms with Gasteiger partial charge in [0.05, 0.1) is 0 Å². The van der Waals surface area contributed by atoms with Gasteiger partial charge in [-0.25, -0.2) is 0 Å². The molecule has 0 saturated heterocycles. The Kier molecular flexibility index (Phi) is 3.40. The topological polar surface area (TPSA) is 43.4 Å². The fourth-order valence-electron chi connectivity index (χ4n) is 1.08. The molecule has 0 aliphatic heterocycles. The second kappa shape index (κ2) is 4.56. The molecule has 0 atom stereocenters. The highest BCUT2D eigenvalue weighted by molar-refractivity contribution is 5.95. The Morgan fingerprint density at radius 1 is 1.21 bits per heavy atom. The van der Waals surface area contributed by atoms with Crippen molar-refractivity contribution in [2.75, 3.05) is 0 Å². The number of Topliss-reactive ketones (excluding diaryl/α,β-unsaturated/α-hetero) is 1. The third-order valence-corrected chi connectivity index (χ3v) is 1.76. The first-order valence-electron chi connectivity index (χ1n) is 4.45. The van der Waals surface area contributed by atoms with E-state index >= 15 is 0 Å². The first-order chi connectivity index (χ1) is 6.63. The second-order valence-electron chi connectivity index (χ2n) is 2.89. The van der Waals surface area contributed by atoms with E-state index in [4.69, 9.17) is 4.74 Å². The Morgan fingerprint density at radius 2 is 1.79 bits per heavy atom. The van der Waals surface area contributed by atoms with Crippen molar-refractivity contribution in [2.45, 2.75) is 20.3 Å². The predicted molar refractivity (Wildman–Crippen MR) is 52.4 cm³/mol. The van der Waals surface area contributed by atoms with Crippen molar-refractivity contribution in [3.63, 3.8) is 0 Å². The fourth-order valence-corrected chi connectivity index (χ4v) is 1.08. The molecule has 74 valence electrons. The van der Waals surface area contributed by atoms with Gasteiger partial charge in [0.2, 0.25) is 0 Å². The lowest BCUT2D eigenvalue weighted by molar-refractivity contribution is -0.131. The molecule has 1 rings (SSSR count). The maximum Gasteiger partial charge on any atom is 0.308 e. The molecule has 3 nitrogen and oxygen atoms in total. The van der Waals surface area contributed by atoms with Gasteiger partial charge in [-0.3, -0.25) is 9.59 Å². The number of hydrogen-bond acceptors (Lipinski definition) is 3. The summed E-state index contributed by atoms with van der Waals surface area (Å²) >= 11 is 0. The minimum atomic E-state index is -0.362. The van der Waals surface area contributed by atoms with Gasteiger partial charge in [-0.15, -0.1) is 0 Å². The van der Waals surface area contributed by atoms with Gasteiger partial charge in [0, 0.05) is 18.9 Å². The number of rotatable bonds is 3. The lowest BCUT2D eigenvalue weighted by atomic mass is 10.1. The van der Waals surface area contributed by atoms with E-state index in [-0.39, 0.29) is 11.8 Å². The van der Waals surface area contributed by atoms with Crippen LogP contribution in [0.2, 0.25) is 0 Å². The van der Waals surface area contributed by atoms with Crippen LogP contribution in [0.15, 0.2) is 24.3 Å². The summed E-state index contributed by atoms with van der Waals surface area (Å²) in [5.41, 5.74) is 0.642. The van der Waals surface area contributed by atoms with Crippen molar-refractivity contribution in [1.29, 1.82) is 0 Å². The van der Waals surface area contributed by atoms with E-state index in [0.29, 0.717) is 17.7 Å². The van der Waals surface area contributed by atoms with E-state index in [9.17, 15) is 9.59 Å². The minimum Gasteiger partial charge on any atom is -0.427 e. The zero-order valence-corrected chi connectivity index (χ0v) is 8.24. The molecular weight excluding hydrogens is 180 g/mol. The monoisotopic (exact) mass is 192 g/mol. The number of ketones is 1. The van der Waals surface area contributed by atoms with E-state index in [2.05, 4.69) is 0 Å². The highest BCUT2D eigenvalue weighted by atomic mass is 16.5. The van der Waals surface area contributed by atoms with Crippen molar-refractivity contribution in [1.82, 2.24) is 0 Å². The van der Waals surface area contributed by atoms with Gasteiger partial charge in [0.15, 0.2) is 5.78 Å². The van der Waals surface area contributed by atoms with Crippen LogP contribution >= 0.6 is 0 Å². The zero-order valence-electron chi connectivity index (χ0n) is 8.24. The number of benzene rings is 1. The molecule has 0 fully saturated rings. The van der Waals surface area contributed by atoms with E-state index in [0.717, 1.165) is 0 Å². The van der Waals surface area contributed by atoms with Crippen LogP contribution in [0, 0.1) is 0 Å². The van der Waals surface area contributed by atoms with Crippen LogP contribution in [0.5, 0.6) is 5.75 Å². The smallest absolute Gasteiger partial charge is 0.308 e. The Labute approximate surface area is 82.7 Å². The van der Waals surface area contributed by atoms with Gasteiger partial charge in [-0.2, -0.15) is 0 Å². The second-order valence-corrected chi connectivity index (χ2v) is 2.89. The summed E-state index contributed by atoms with van der Waals surface area (Å²) in [6.07, 6.45) is 0.479. The Bertz CT molecular complexity index is 338. The molecule has 0 aliphatic rings. The Balaban J connectivity index is 2.78. The Morgan fingerprint density at radius 3 is 2.21 bits per heavy atom. The highest BCUT2D eigenvalue weighted by Gasteiger charge is 2.03. The summed E-state index contributed by atoms with van der Waals surface area (Å²) in [6, 6.07) is 6.54. The van der Waals surface area contributed by atoms with Crippen molar-refractivity contribution in [2.24, 2.45) is 0 Å². The molecular formula is C11H12O3. The van der Waals surface area contributed by atoms with Crippen LogP contribution < -0.4 is 4.74 Å². The molecule has 0 bridgehead atoms. The van der Waals surface area contributed by atoms with Gasteiger partial charge in [-0.1, -0.05) is 6.92 Å². The standard InChI is InChI=1S/C11H12O3/c1-3-11(13)9-4-6-10(7-5-9)14-8(2)12/h4-7H,3H2,1-2H3. The van der Waals surface area contributed by atoms with Gasteiger partial charge in [-0.05, 0) is 24.3 Å². The number of ether oxygens (including phenoxy) is 1. The first kappa shape index (κ1) is 10.4. The molecule has 0 heterocycles. The predicted octanol–water partition coefficient (Wildman–Crippen LogP) is 2.20. The van der Waals surface area contributed by atoms with Crippen LogP contribution in [-0.2, 0) is 4.79 Å². The van der Waals surface area contributed by atoms with E-state index in [1.807, 2.05) is 6.92 Å². The zero-order chi connectivity index (χ0) is 10.6. The molecule has 0 aliphatic carbocycles. The average molecular weight is 192 g/mol. The number of hydrogen-bond donors (Lipinski definition) is 0. The quantitative estimate of drug-likeness (QED) is 0.419. The molecule has 1 aromatic carbocycles. The van der Waals surface area contributed by atoms with Crippen LogP contribution in [0.1, 0.15) is 30.6 Å². The molecule has 14 heavy (non-hydrogen) atoms. The number of carbonyl (C=O) groups excluding carboxylic acids is 2. The molecule has 0 saturated carbocycles.